The van der Waals surface area contributed by atoms with E-state index in [0.29, 0.717) is 0 Å². The lowest BCUT2D eigenvalue weighted by Gasteiger charge is -2.26. The molecule has 0 amide bonds. The SMILES string of the molecule is CC(CCCCN1CCCCC1)[SiH2]c1ccccc1. The zero-order valence-electron chi connectivity index (χ0n) is 12.5. The molecule has 0 radical (unpaired) electrons. The zero-order chi connectivity index (χ0) is 13.3. The fourth-order valence-electron chi connectivity index (χ4n) is 3.13. The molecule has 0 aliphatic carbocycles. The van der Waals surface area contributed by atoms with Gasteiger partial charge in [-0.1, -0.05) is 61.7 Å². The van der Waals surface area contributed by atoms with E-state index in [1.54, 1.807) is 5.19 Å². The molecule has 0 saturated carbocycles. The highest BCUT2D eigenvalue weighted by Gasteiger charge is 2.09. The minimum absolute atomic E-state index is 0.0516. The van der Waals surface area contributed by atoms with Crippen molar-refractivity contribution in [2.75, 3.05) is 19.6 Å². The molecule has 1 aromatic carbocycles. The van der Waals surface area contributed by atoms with Crippen LogP contribution in [0.4, 0.5) is 0 Å². The van der Waals surface area contributed by atoms with Gasteiger partial charge in [0.25, 0.3) is 0 Å². The maximum Gasteiger partial charge on any atom is 0.0575 e. The van der Waals surface area contributed by atoms with Crippen molar-refractivity contribution in [2.24, 2.45) is 0 Å². The first-order chi connectivity index (χ1) is 9.34. The summed E-state index contributed by atoms with van der Waals surface area (Å²) in [4.78, 5) is 2.67. The van der Waals surface area contributed by atoms with E-state index in [1.807, 2.05) is 0 Å². The average Bonchev–Trinajstić information content (AvgIpc) is 2.46. The zero-order valence-corrected chi connectivity index (χ0v) is 13.9. The first-order valence-electron chi connectivity index (χ1n) is 8.11. The van der Waals surface area contributed by atoms with Crippen molar-refractivity contribution >= 4 is 14.7 Å². The van der Waals surface area contributed by atoms with Crippen molar-refractivity contribution in [3.63, 3.8) is 0 Å². The van der Waals surface area contributed by atoms with Gasteiger partial charge < -0.3 is 4.90 Å². The number of benzene rings is 1. The monoisotopic (exact) mass is 275 g/mol. The van der Waals surface area contributed by atoms with Crippen LogP contribution < -0.4 is 5.19 Å². The Labute approximate surface area is 121 Å². The fraction of sp³-hybridized carbons (Fsp3) is 0.647. The fourth-order valence-corrected chi connectivity index (χ4v) is 4.97. The summed E-state index contributed by atoms with van der Waals surface area (Å²) < 4.78 is 0. The van der Waals surface area contributed by atoms with Gasteiger partial charge in [0.05, 0.1) is 9.52 Å². The largest absolute Gasteiger partial charge is 0.303 e. The number of likely N-dealkylation sites (tertiary alicyclic amines) is 1. The molecule has 1 heterocycles. The minimum atomic E-state index is -0.0516. The number of piperidine rings is 1. The third-order valence-corrected chi connectivity index (χ3v) is 6.34. The molecule has 106 valence electrons. The molecule has 0 N–H and O–H groups in total. The second-order valence-corrected chi connectivity index (χ2v) is 8.81. The third-order valence-electron chi connectivity index (χ3n) is 4.30. The van der Waals surface area contributed by atoms with Crippen molar-refractivity contribution in [3.05, 3.63) is 30.3 Å². The lowest BCUT2D eigenvalue weighted by atomic mass is 10.1. The van der Waals surface area contributed by atoms with Crippen molar-refractivity contribution in [3.8, 4) is 0 Å². The van der Waals surface area contributed by atoms with Crippen molar-refractivity contribution in [2.45, 2.75) is 51.0 Å². The first-order valence-corrected chi connectivity index (χ1v) is 9.63. The van der Waals surface area contributed by atoms with Gasteiger partial charge in [-0.3, -0.25) is 0 Å². The van der Waals surface area contributed by atoms with Crippen LogP contribution in [-0.4, -0.2) is 34.1 Å². The van der Waals surface area contributed by atoms with Gasteiger partial charge in [-0.05, 0) is 44.4 Å². The topological polar surface area (TPSA) is 3.24 Å². The molecule has 2 heteroatoms. The van der Waals surface area contributed by atoms with Crippen molar-refractivity contribution < 1.29 is 0 Å². The lowest BCUT2D eigenvalue weighted by Crippen LogP contribution is -2.30. The second kappa shape index (κ2) is 8.54. The smallest absolute Gasteiger partial charge is 0.0575 e. The molecule has 0 spiro atoms. The van der Waals surface area contributed by atoms with E-state index in [-0.39, 0.29) is 9.52 Å². The third kappa shape index (κ3) is 5.92. The Kier molecular flexibility index (Phi) is 6.65. The molecular weight excluding hydrogens is 246 g/mol. The highest BCUT2D eigenvalue weighted by atomic mass is 28.2. The van der Waals surface area contributed by atoms with Gasteiger partial charge in [-0.15, -0.1) is 0 Å². The summed E-state index contributed by atoms with van der Waals surface area (Å²) in [6.07, 6.45) is 8.59. The van der Waals surface area contributed by atoms with Crippen LogP contribution in [0.5, 0.6) is 0 Å². The number of rotatable bonds is 7. The molecule has 1 unspecified atom stereocenters. The van der Waals surface area contributed by atoms with Crippen LogP contribution in [-0.2, 0) is 0 Å². The quantitative estimate of drug-likeness (QED) is 0.546. The van der Waals surface area contributed by atoms with Gasteiger partial charge in [0, 0.05) is 0 Å². The van der Waals surface area contributed by atoms with Crippen LogP contribution in [0.2, 0.25) is 5.54 Å². The van der Waals surface area contributed by atoms with E-state index in [0.717, 1.165) is 5.54 Å². The maximum absolute atomic E-state index is 2.67. The summed E-state index contributed by atoms with van der Waals surface area (Å²) in [6, 6.07) is 11.1. The van der Waals surface area contributed by atoms with Crippen LogP contribution >= 0.6 is 0 Å². The number of hydrogen-bond acceptors (Lipinski definition) is 1. The molecule has 1 fully saturated rings. The molecule has 1 nitrogen and oxygen atoms in total. The van der Waals surface area contributed by atoms with E-state index in [1.165, 1.54) is 58.2 Å². The summed E-state index contributed by atoms with van der Waals surface area (Å²) in [5.41, 5.74) is 0.962. The molecule has 1 aliphatic rings. The molecule has 19 heavy (non-hydrogen) atoms. The molecule has 1 aliphatic heterocycles. The predicted molar refractivity (Wildman–Crippen MR) is 88.2 cm³/mol. The summed E-state index contributed by atoms with van der Waals surface area (Å²) in [6.45, 7) is 6.52. The Morgan fingerprint density at radius 3 is 2.53 bits per heavy atom. The predicted octanol–water partition coefficient (Wildman–Crippen LogP) is 2.95. The summed E-state index contributed by atoms with van der Waals surface area (Å²) in [7, 11) is -0.0516. The molecule has 1 saturated heterocycles. The highest BCUT2D eigenvalue weighted by molar-refractivity contribution is 6.54. The maximum atomic E-state index is 2.67. The number of nitrogens with zero attached hydrogens (tertiary/aromatic N) is 1. The van der Waals surface area contributed by atoms with Gasteiger partial charge in [0.1, 0.15) is 0 Å². The van der Waals surface area contributed by atoms with Crippen LogP contribution in [0.1, 0.15) is 45.4 Å². The van der Waals surface area contributed by atoms with Crippen LogP contribution in [0, 0.1) is 0 Å². The Balaban J connectivity index is 1.55. The Bertz CT molecular complexity index is 332. The summed E-state index contributed by atoms with van der Waals surface area (Å²) >= 11 is 0. The normalized spacial score (nSPS) is 19.0. The van der Waals surface area contributed by atoms with Gasteiger partial charge in [-0.25, -0.2) is 0 Å². The lowest BCUT2D eigenvalue weighted by molar-refractivity contribution is 0.224. The van der Waals surface area contributed by atoms with E-state index < -0.39 is 0 Å². The van der Waals surface area contributed by atoms with Crippen molar-refractivity contribution in [1.29, 1.82) is 0 Å². The Morgan fingerprint density at radius 1 is 1.05 bits per heavy atom. The van der Waals surface area contributed by atoms with E-state index in [4.69, 9.17) is 0 Å². The molecular formula is C17H29NSi. The standard InChI is InChI=1S/C17H29NSi/c1-16(19-17-11-4-2-5-12-17)10-6-9-15-18-13-7-3-8-14-18/h2,4-5,11-12,16H,3,6-10,13-15,19H2,1H3. The number of unbranched alkanes of at least 4 members (excludes halogenated alkanes) is 1. The number of hydrogen-bond donors (Lipinski definition) is 0. The second-order valence-electron chi connectivity index (χ2n) is 6.19. The molecule has 1 atom stereocenters. The van der Waals surface area contributed by atoms with E-state index in [9.17, 15) is 0 Å². The minimum Gasteiger partial charge on any atom is -0.303 e. The Morgan fingerprint density at radius 2 is 1.79 bits per heavy atom. The molecule has 0 bridgehead atoms. The van der Waals surface area contributed by atoms with Crippen LogP contribution in [0.25, 0.3) is 0 Å². The van der Waals surface area contributed by atoms with Gasteiger partial charge in [0.15, 0.2) is 0 Å². The van der Waals surface area contributed by atoms with Crippen LogP contribution in [0.3, 0.4) is 0 Å². The first kappa shape index (κ1) is 14.8. The van der Waals surface area contributed by atoms with Crippen LogP contribution in [0.15, 0.2) is 30.3 Å². The molecule has 0 aromatic heterocycles. The molecule has 1 aromatic rings. The van der Waals surface area contributed by atoms with E-state index in [2.05, 4.69) is 42.2 Å². The summed E-state index contributed by atoms with van der Waals surface area (Å²) in [5.74, 6) is 0. The van der Waals surface area contributed by atoms with Gasteiger partial charge in [-0.2, -0.15) is 0 Å². The van der Waals surface area contributed by atoms with E-state index >= 15 is 0 Å². The molecule has 2 rings (SSSR count). The van der Waals surface area contributed by atoms with Gasteiger partial charge in [0.2, 0.25) is 0 Å². The van der Waals surface area contributed by atoms with Gasteiger partial charge >= 0.3 is 0 Å². The Hall–Kier alpha value is -0.603. The van der Waals surface area contributed by atoms with Crippen molar-refractivity contribution in [1.82, 2.24) is 4.90 Å². The summed E-state index contributed by atoms with van der Waals surface area (Å²) in [5, 5.41) is 1.63. The average molecular weight is 276 g/mol. The highest BCUT2D eigenvalue weighted by Crippen LogP contribution is 2.14.